The molecule has 2 atom stereocenters. The lowest BCUT2D eigenvalue weighted by Crippen LogP contribution is -2.48. The number of hydrogen-bond acceptors (Lipinski definition) is 3. The molecule has 1 amide bonds. The molecule has 0 radical (unpaired) electrons. The van der Waals surface area contributed by atoms with Gasteiger partial charge in [-0.25, -0.2) is 0 Å². The van der Waals surface area contributed by atoms with Crippen LogP contribution in [0.1, 0.15) is 19.3 Å². The molecule has 1 saturated carbocycles. The number of rotatable bonds is 2. The van der Waals surface area contributed by atoms with E-state index in [4.69, 9.17) is 5.11 Å². The van der Waals surface area contributed by atoms with Gasteiger partial charge >= 0.3 is 5.97 Å². The van der Waals surface area contributed by atoms with E-state index in [2.05, 4.69) is 11.9 Å². The fourth-order valence-corrected chi connectivity index (χ4v) is 2.72. The van der Waals surface area contributed by atoms with Gasteiger partial charge in [-0.2, -0.15) is 0 Å². The maximum Gasteiger partial charge on any atom is 0.306 e. The van der Waals surface area contributed by atoms with Gasteiger partial charge in [0, 0.05) is 32.1 Å². The number of amides is 1. The maximum absolute atomic E-state index is 12.2. The Morgan fingerprint density at radius 1 is 1.06 bits per heavy atom. The highest BCUT2D eigenvalue weighted by Crippen LogP contribution is 2.32. The molecule has 2 rings (SSSR count). The highest BCUT2D eigenvalue weighted by molar-refractivity contribution is 5.81. The monoisotopic (exact) mass is 240 g/mol. The summed E-state index contributed by atoms with van der Waals surface area (Å²) in [5, 5.41) is 8.93. The molecule has 2 aliphatic rings. The fraction of sp³-hybridized carbons (Fsp3) is 0.833. The van der Waals surface area contributed by atoms with E-state index in [1.54, 1.807) is 0 Å². The minimum atomic E-state index is -0.751. The average Bonchev–Trinajstić information content (AvgIpc) is 2.78. The first-order chi connectivity index (χ1) is 8.08. The van der Waals surface area contributed by atoms with Crippen LogP contribution in [0, 0.1) is 11.8 Å². The van der Waals surface area contributed by atoms with Crippen molar-refractivity contribution in [1.29, 1.82) is 0 Å². The number of hydrogen-bond donors (Lipinski definition) is 1. The van der Waals surface area contributed by atoms with Gasteiger partial charge in [0.15, 0.2) is 0 Å². The molecule has 0 unspecified atom stereocenters. The number of aliphatic carboxylic acids is 1. The highest BCUT2D eigenvalue weighted by atomic mass is 16.4. The van der Waals surface area contributed by atoms with Crippen LogP contribution in [0.2, 0.25) is 0 Å². The normalized spacial score (nSPS) is 30.5. The Morgan fingerprint density at radius 3 is 2.18 bits per heavy atom. The van der Waals surface area contributed by atoms with Crippen LogP contribution in [-0.2, 0) is 9.59 Å². The van der Waals surface area contributed by atoms with E-state index in [9.17, 15) is 9.59 Å². The molecular weight excluding hydrogens is 220 g/mol. The van der Waals surface area contributed by atoms with Crippen LogP contribution in [0.25, 0.3) is 0 Å². The number of carboxylic acid groups (broad SMARTS) is 1. The summed E-state index contributed by atoms with van der Waals surface area (Å²) < 4.78 is 0. The van der Waals surface area contributed by atoms with Crippen LogP contribution in [0.5, 0.6) is 0 Å². The summed E-state index contributed by atoms with van der Waals surface area (Å²) in [5.74, 6) is -0.948. The molecule has 0 aromatic rings. The van der Waals surface area contributed by atoms with Crippen molar-refractivity contribution in [1.82, 2.24) is 9.80 Å². The first-order valence-corrected chi connectivity index (χ1v) is 6.28. The summed E-state index contributed by atoms with van der Waals surface area (Å²) in [5.41, 5.74) is 0. The van der Waals surface area contributed by atoms with Crippen molar-refractivity contribution in [2.24, 2.45) is 11.8 Å². The lowest BCUT2D eigenvalue weighted by atomic mass is 10.0. The van der Waals surface area contributed by atoms with Crippen LogP contribution >= 0.6 is 0 Å². The number of carbonyl (C=O) groups excluding carboxylic acids is 1. The first-order valence-electron chi connectivity index (χ1n) is 6.28. The van der Waals surface area contributed by atoms with Gasteiger partial charge < -0.3 is 14.9 Å². The van der Waals surface area contributed by atoms with Crippen molar-refractivity contribution in [2.75, 3.05) is 33.2 Å². The van der Waals surface area contributed by atoms with E-state index in [0.29, 0.717) is 12.8 Å². The van der Waals surface area contributed by atoms with Crippen LogP contribution in [0.3, 0.4) is 0 Å². The maximum atomic E-state index is 12.2. The Labute approximate surface area is 101 Å². The van der Waals surface area contributed by atoms with Gasteiger partial charge in [0.25, 0.3) is 0 Å². The fourth-order valence-electron chi connectivity index (χ4n) is 2.72. The van der Waals surface area contributed by atoms with Crippen molar-refractivity contribution in [3.8, 4) is 0 Å². The standard InChI is InChI=1S/C12H20N2O3/c1-13-4-6-14(7-5-13)11(15)9-2-3-10(8-9)12(16)17/h9-10H,2-8H2,1H3,(H,16,17)/t9-,10+/m1/s1. The summed E-state index contributed by atoms with van der Waals surface area (Å²) in [6, 6.07) is 0. The second-order valence-corrected chi connectivity index (χ2v) is 5.17. The summed E-state index contributed by atoms with van der Waals surface area (Å²) in [7, 11) is 2.05. The summed E-state index contributed by atoms with van der Waals surface area (Å²) in [4.78, 5) is 27.2. The van der Waals surface area contributed by atoms with Gasteiger partial charge in [-0.05, 0) is 26.3 Å². The summed E-state index contributed by atoms with van der Waals surface area (Å²) in [6.07, 6.45) is 1.92. The van der Waals surface area contributed by atoms with Crippen molar-refractivity contribution in [3.63, 3.8) is 0 Å². The largest absolute Gasteiger partial charge is 0.481 e. The minimum absolute atomic E-state index is 0.0560. The summed E-state index contributed by atoms with van der Waals surface area (Å²) in [6.45, 7) is 3.40. The van der Waals surface area contributed by atoms with Crippen LogP contribution in [0.4, 0.5) is 0 Å². The topological polar surface area (TPSA) is 60.9 Å². The molecular formula is C12H20N2O3. The third-order valence-electron chi connectivity index (χ3n) is 3.95. The Morgan fingerprint density at radius 2 is 1.65 bits per heavy atom. The zero-order valence-corrected chi connectivity index (χ0v) is 10.3. The van der Waals surface area contributed by atoms with Gasteiger partial charge in [0.1, 0.15) is 0 Å². The van der Waals surface area contributed by atoms with Gasteiger partial charge in [-0.15, -0.1) is 0 Å². The lowest BCUT2D eigenvalue weighted by Gasteiger charge is -2.34. The molecule has 1 aliphatic carbocycles. The van der Waals surface area contributed by atoms with Crippen molar-refractivity contribution in [2.45, 2.75) is 19.3 Å². The highest BCUT2D eigenvalue weighted by Gasteiger charge is 2.36. The Balaban J connectivity index is 1.86. The first kappa shape index (κ1) is 12.4. The Bertz CT molecular complexity index is 311. The second-order valence-electron chi connectivity index (χ2n) is 5.17. The summed E-state index contributed by atoms with van der Waals surface area (Å²) >= 11 is 0. The number of piperazine rings is 1. The second kappa shape index (κ2) is 5.04. The third kappa shape index (κ3) is 2.77. The molecule has 0 aromatic carbocycles. The predicted octanol–water partition coefficient (Wildman–Crippen LogP) is 0.261. The zero-order chi connectivity index (χ0) is 12.4. The van der Waals surface area contributed by atoms with E-state index in [1.165, 1.54) is 0 Å². The third-order valence-corrected chi connectivity index (χ3v) is 3.95. The number of carbonyl (C=O) groups is 2. The number of carboxylic acids is 1. The van der Waals surface area contributed by atoms with Gasteiger partial charge in [0.05, 0.1) is 5.92 Å². The van der Waals surface area contributed by atoms with E-state index in [1.807, 2.05) is 4.90 Å². The Hall–Kier alpha value is -1.10. The molecule has 1 heterocycles. The average molecular weight is 240 g/mol. The molecule has 1 aliphatic heterocycles. The predicted molar refractivity (Wildman–Crippen MR) is 62.5 cm³/mol. The molecule has 96 valence electrons. The lowest BCUT2D eigenvalue weighted by molar-refractivity contribution is -0.141. The van der Waals surface area contributed by atoms with Crippen molar-refractivity contribution in [3.05, 3.63) is 0 Å². The number of nitrogens with zero attached hydrogens (tertiary/aromatic N) is 2. The minimum Gasteiger partial charge on any atom is -0.481 e. The van der Waals surface area contributed by atoms with Crippen LogP contribution in [0.15, 0.2) is 0 Å². The van der Waals surface area contributed by atoms with Gasteiger partial charge in [-0.1, -0.05) is 0 Å². The molecule has 17 heavy (non-hydrogen) atoms. The van der Waals surface area contributed by atoms with Crippen LogP contribution in [-0.4, -0.2) is 60.0 Å². The van der Waals surface area contributed by atoms with E-state index < -0.39 is 5.97 Å². The van der Waals surface area contributed by atoms with E-state index in [0.717, 1.165) is 32.6 Å². The molecule has 0 bridgehead atoms. The van der Waals surface area contributed by atoms with Crippen molar-refractivity contribution < 1.29 is 14.7 Å². The van der Waals surface area contributed by atoms with Gasteiger partial charge in [-0.3, -0.25) is 9.59 Å². The molecule has 0 spiro atoms. The number of likely N-dealkylation sites (N-methyl/N-ethyl adjacent to an activating group) is 1. The molecule has 0 aromatic heterocycles. The molecule has 2 fully saturated rings. The zero-order valence-electron chi connectivity index (χ0n) is 10.3. The molecule has 1 N–H and O–H groups in total. The smallest absolute Gasteiger partial charge is 0.306 e. The van der Waals surface area contributed by atoms with Crippen LogP contribution < -0.4 is 0 Å². The molecule has 5 heteroatoms. The molecule has 5 nitrogen and oxygen atoms in total. The van der Waals surface area contributed by atoms with Crippen molar-refractivity contribution >= 4 is 11.9 Å². The molecule has 1 saturated heterocycles. The Kier molecular flexibility index (Phi) is 3.66. The SMILES string of the molecule is CN1CCN(C(=O)[C@@H]2CC[C@H](C(=O)O)C2)CC1. The van der Waals surface area contributed by atoms with Gasteiger partial charge in [0.2, 0.25) is 5.91 Å². The van der Waals surface area contributed by atoms with E-state index in [-0.39, 0.29) is 17.7 Å². The van der Waals surface area contributed by atoms with E-state index >= 15 is 0 Å². The quantitative estimate of drug-likeness (QED) is 0.752.